The fraction of sp³-hybridized carbons (Fsp3) is 0.0909. The van der Waals surface area contributed by atoms with Gasteiger partial charge in [0.1, 0.15) is 17.2 Å². The molecule has 3 aromatic rings. The number of benzene rings is 2. The number of carbonyl (C=O) groups is 2. The summed E-state index contributed by atoms with van der Waals surface area (Å²) in [5.41, 5.74) is 1.33. The lowest BCUT2D eigenvalue weighted by Gasteiger charge is -2.11. The molecule has 0 bridgehead atoms. The first kappa shape index (κ1) is 19.8. The summed E-state index contributed by atoms with van der Waals surface area (Å²) >= 11 is 0. The zero-order chi connectivity index (χ0) is 20.6. The summed E-state index contributed by atoms with van der Waals surface area (Å²) in [5, 5.41) is 5.35. The Bertz CT molecular complexity index is 991. The van der Waals surface area contributed by atoms with E-state index in [0.29, 0.717) is 22.7 Å². The minimum absolute atomic E-state index is 0.0624. The number of rotatable bonds is 7. The molecule has 0 fully saturated rings. The molecule has 29 heavy (non-hydrogen) atoms. The summed E-state index contributed by atoms with van der Waals surface area (Å²) in [6.45, 7) is 0. The van der Waals surface area contributed by atoms with Crippen molar-refractivity contribution in [2.45, 2.75) is 0 Å². The highest BCUT2D eigenvalue weighted by molar-refractivity contribution is 6.10. The van der Waals surface area contributed by atoms with Gasteiger partial charge in [-0.25, -0.2) is 0 Å². The van der Waals surface area contributed by atoms with Crippen molar-refractivity contribution in [3.63, 3.8) is 0 Å². The number of methoxy groups -OCH3 is 2. The molecule has 0 spiro atoms. The number of ether oxygens (including phenoxy) is 2. The van der Waals surface area contributed by atoms with E-state index in [1.807, 2.05) is 0 Å². The van der Waals surface area contributed by atoms with E-state index >= 15 is 0 Å². The molecule has 0 saturated carbocycles. The molecule has 0 aliphatic heterocycles. The van der Waals surface area contributed by atoms with Gasteiger partial charge in [0, 0.05) is 5.69 Å². The summed E-state index contributed by atoms with van der Waals surface area (Å²) in [7, 11) is 3.13. The van der Waals surface area contributed by atoms with Gasteiger partial charge >= 0.3 is 0 Å². The summed E-state index contributed by atoms with van der Waals surface area (Å²) in [5.74, 6) is 0.447. The van der Waals surface area contributed by atoms with E-state index in [9.17, 15) is 9.59 Å². The van der Waals surface area contributed by atoms with E-state index in [4.69, 9.17) is 13.9 Å². The molecule has 0 radical (unpaired) electrons. The highest BCUT2D eigenvalue weighted by atomic mass is 16.5. The standard InChI is InChI=1S/C22H20N2O5/c1-27-17-9-5-15(6-10-17)14-19(24-22(26)20-4-3-13-29-20)21(25)23-16-7-11-18(28-2)12-8-16/h3-14H,1-2H3,(H,23,25)(H,24,26)/b19-14-. The zero-order valence-corrected chi connectivity index (χ0v) is 16.0. The van der Waals surface area contributed by atoms with E-state index in [-0.39, 0.29) is 11.5 Å². The highest BCUT2D eigenvalue weighted by Gasteiger charge is 2.16. The van der Waals surface area contributed by atoms with Crippen LogP contribution in [0, 0.1) is 0 Å². The fourth-order valence-corrected chi connectivity index (χ4v) is 2.49. The zero-order valence-electron chi connectivity index (χ0n) is 16.0. The maximum atomic E-state index is 12.8. The van der Waals surface area contributed by atoms with Gasteiger partial charge in [-0.1, -0.05) is 12.1 Å². The van der Waals surface area contributed by atoms with Gasteiger partial charge in [0.15, 0.2) is 5.76 Å². The molecule has 3 rings (SSSR count). The highest BCUT2D eigenvalue weighted by Crippen LogP contribution is 2.17. The van der Waals surface area contributed by atoms with Gasteiger partial charge in [0.05, 0.1) is 20.5 Å². The first-order chi connectivity index (χ1) is 14.1. The van der Waals surface area contributed by atoms with Crippen LogP contribution in [0.25, 0.3) is 6.08 Å². The van der Waals surface area contributed by atoms with Gasteiger partial charge in [-0.05, 0) is 60.2 Å². The van der Waals surface area contributed by atoms with Gasteiger partial charge in [0.2, 0.25) is 0 Å². The number of furan rings is 1. The third-order valence-corrected chi connectivity index (χ3v) is 4.01. The van der Waals surface area contributed by atoms with Crippen LogP contribution in [-0.2, 0) is 4.79 Å². The van der Waals surface area contributed by atoms with Crippen LogP contribution >= 0.6 is 0 Å². The number of anilines is 1. The SMILES string of the molecule is COc1ccc(/C=C(\NC(=O)c2ccco2)C(=O)Nc2ccc(OC)cc2)cc1. The van der Waals surface area contributed by atoms with E-state index in [1.165, 1.54) is 12.3 Å². The second-order valence-electron chi connectivity index (χ2n) is 5.95. The maximum Gasteiger partial charge on any atom is 0.291 e. The van der Waals surface area contributed by atoms with Crippen LogP contribution in [0.2, 0.25) is 0 Å². The smallest absolute Gasteiger partial charge is 0.291 e. The number of hydrogen-bond acceptors (Lipinski definition) is 5. The van der Waals surface area contributed by atoms with Crippen molar-refractivity contribution >= 4 is 23.6 Å². The van der Waals surface area contributed by atoms with Crippen molar-refractivity contribution in [3.8, 4) is 11.5 Å². The van der Waals surface area contributed by atoms with Crippen molar-refractivity contribution in [2.24, 2.45) is 0 Å². The summed E-state index contributed by atoms with van der Waals surface area (Å²) in [4.78, 5) is 25.2. The van der Waals surface area contributed by atoms with Crippen LogP contribution in [0.15, 0.2) is 77.0 Å². The van der Waals surface area contributed by atoms with Crippen molar-refractivity contribution in [2.75, 3.05) is 19.5 Å². The van der Waals surface area contributed by atoms with Crippen LogP contribution in [0.4, 0.5) is 5.69 Å². The molecule has 1 aromatic heterocycles. The monoisotopic (exact) mass is 392 g/mol. The maximum absolute atomic E-state index is 12.8. The fourth-order valence-electron chi connectivity index (χ4n) is 2.49. The quantitative estimate of drug-likeness (QED) is 0.599. The van der Waals surface area contributed by atoms with Crippen molar-refractivity contribution in [1.29, 1.82) is 0 Å². The van der Waals surface area contributed by atoms with Gasteiger partial charge < -0.3 is 24.5 Å². The predicted octanol–water partition coefficient (Wildman–Crippen LogP) is 3.71. The average molecular weight is 392 g/mol. The molecule has 0 aliphatic rings. The summed E-state index contributed by atoms with van der Waals surface area (Å²) in [6, 6.07) is 17.1. The van der Waals surface area contributed by atoms with Gasteiger partial charge in [-0.3, -0.25) is 9.59 Å². The molecule has 2 amide bonds. The van der Waals surface area contributed by atoms with Crippen molar-refractivity contribution in [1.82, 2.24) is 5.32 Å². The van der Waals surface area contributed by atoms with Crippen LogP contribution in [0.1, 0.15) is 16.1 Å². The Hall–Kier alpha value is -4.00. The van der Waals surface area contributed by atoms with Gasteiger partial charge in [0.25, 0.3) is 11.8 Å². The van der Waals surface area contributed by atoms with Crippen LogP contribution in [0.5, 0.6) is 11.5 Å². The number of hydrogen-bond donors (Lipinski definition) is 2. The Morgan fingerprint density at radius 2 is 1.52 bits per heavy atom. The van der Waals surface area contributed by atoms with E-state index in [0.717, 1.165) is 0 Å². The molecular weight excluding hydrogens is 372 g/mol. The topological polar surface area (TPSA) is 89.8 Å². The number of carbonyl (C=O) groups excluding carboxylic acids is 2. The molecule has 148 valence electrons. The normalized spacial score (nSPS) is 10.9. The second kappa shape index (κ2) is 9.27. The largest absolute Gasteiger partial charge is 0.497 e. The Kier molecular flexibility index (Phi) is 6.32. The van der Waals surface area contributed by atoms with E-state index < -0.39 is 11.8 Å². The minimum Gasteiger partial charge on any atom is -0.497 e. The van der Waals surface area contributed by atoms with E-state index in [2.05, 4.69) is 10.6 Å². The number of amides is 2. The Morgan fingerprint density at radius 3 is 2.07 bits per heavy atom. The van der Waals surface area contributed by atoms with Crippen LogP contribution < -0.4 is 20.1 Å². The molecule has 0 saturated heterocycles. The first-order valence-corrected chi connectivity index (χ1v) is 8.75. The minimum atomic E-state index is -0.528. The molecular formula is C22H20N2O5. The van der Waals surface area contributed by atoms with Crippen molar-refractivity contribution in [3.05, 3.63) is 83.9 Å². The Labute approximate surface area is 167 Å². The van der Waals surface area contributed by atoms with Crippen LogP contribution in [0.3, 0.4) is 0 Å². The molecule has 2 aromatic carbocycles. The second-order valence-corrected chi connectivity index (χ2v) is 5.95. The Morgan fingerprint density at radius 1 is 0.897 bits per heavy atom. The summed E-state index contributed by atoms with van der Waals surface area (Å²) in [6.07, 6.45) is 2.96. The third-order valence-electron chi connectivity index (χ3n) is 4.01. The molecule has 0 atom stereocenters. The molecule has 2 N–H and O–H groups in total. The lowest BCUT2D eigenvalue weighted by molar-refractivity contribution is -0.113. The van der Waals surface area contributed by atoms with E-state index in [1.54, 1.807) is 74.9 Å². The molecule has 0 aliphatic carbocycles. The molecule has 7 heteroatoms. The lowest BCUT2D eigenvalue weighted by atomic mass is 10.1. The first-order valence-electron chi connectivity index (χ1n) is 8.75. The van der Waals surface area contributed by atoms with Crippen molar-refractivity contribution < 1.29 is 23.5 Å². The third kappa shape index (κ3) is 5.26. The lowest BCUT2D eigenvalue weighted by Crippen LogP contribution is -2.30. The molecule has 7 nitrogen and oxygen atoms in total. The summed E-state index contributed by atoms with van der Waals surface area (Å²) < 4.78 is 15.4. The molecule has 0 unspecified atom stereocenters. The number of nitrogens with one attached hydrogen (secondary N) is 2. The van der Waals surface area contributed by atoms with Gasteiger partial charge in [-0.15, -0.1) is 0 Å². The van der Waals surface area contributed by atoms with Crippen LogP contribution in [-0.4, -0.2) is 26.0 Å². The predicted molar refractivity (Wildman–Crippen MR) is 109 cm³/mol. The average Bonchev–Trinajstić information content (AvgIpc) is 3.29. The van der Waals surface area contributed by atoms with Gasteiger partial charge in [-0.2, -0.15) is 0 Å². The Balaban J connectivity index is 1.84. The molecule has 1 heterocycles.